The van der Waals surface area contributed by atoms with Crippen LogP contribution in [0.1, 0.15) is 0 Å². The van der Waals surface area contributed by atoms with Crippen molar-refractivity contribution in [2.75, 3.05) is 5.32 Å². The highest BCUT2D eigenvalue weighted by molar-refractivity contribution is 6.30. The van der Waals surface area contributed by atoms with Gasteiger partial charge in [-0.2, -0.15) is 0 Å². The van der Waals surface area contributed by atoms with Gasteiger partial charge in [0.25, 0.3) is 0 Å². The Morgan fingerprint density at radius 3 is 2.70 bits per heavy atom. The first-order valence-electron chi connectivity index (χ1n) is 7.08. The van der Waals surface area contributed by atoms with Gasteiger partial charge in [-0.3, -0.25) is 4.98 Å². The lowest BCUT2D eigenvalue weighted by molar-refractivity contribution is 1.20. The zero-order valence-corrected chi connectivity index (χ0v) is 12.7. The number of aromatic amines is 1. The van der Waals surface area contributed by atoms with Gasteiger partial charge in [0.1, 0.15) is 11.5 Å². The minimum atomic E-state index is 0.610. The van der Waals surface area contributed by atoms with Gasteiger partial charge in [0.05, 0.1) is 5.39 Å². The van der Waals surface area contributed by atoms with Crippen molar-refractivity contribution in [3.63, 3.8) is 0 Å². The predicted octanol–water partition coefficient (Wildman–Crippen LogP) is 4.42. The van der Waals surface area contributed by atoms with Gasteiger partial charge in [-0.05, 0) is 30.3 Å². The van der Waals surface area contributed by atoms with Crippen molar-refractivity contribution in [2.24, 2.45) is 0 Å². The average Bonchev–Trinajstić information content (AvgIpc) is 3.05. The van der Waals surface area contributed by atoms with Crippen molar-refractivity contribution in [3.05, 3.63) is 66.1 Å². The molecule has 0 saturated carbocycles. The highest BCUT2D eigenvalue weighted by Crippen LogP contribution is 2.27. The fourth-order valence-electron chi connectivity index (χ4n) is 2.37. The summed E-state index contributed by atoms with van der Waals surface area (Å²) in [6, 6.07) is 13.2. The summed E-state index contributed by atoms with van der Waals surface area (Å²) < 4.78 is 0. The molecule has 112 valence electrons. The first-order valence-corrected chi connectivity index (χ1v) is 7.45. The van der Waals surface area contributed by atoms with E-state index in [1.807, 2.05) is 48.7 Å². The van der Waals surface area contributed by atoms with E-state index in [1.54, 1.807) is 12.4 Å². The van der Waals surface area contributed by atoms with E-state index >= 15 is 0 Å². The first kappa shape index (κ1) is 13.7. The van der Waals surface area contributed by atoms with Gasteiger partial charge < -0.3 is 10.3 Å². The fourth-order valence-corrected chi connectivity index (χ4v) is 2.56. The van der Waals surface area contributed by atoms with Crippen LogP contribution in [0.5, 0.6) is 0 Å². The third kappa shape index (κ3) is 2.74. The molecule has 23 heavy (non-hydrogen) atoms. The number of rotatable bonds is 3. The monoisotopic (exact) mass is 321 g/mol. The Labute approximate surface area is 137 Å². The molecule has 0 fully saturated rings. The molecule has 0 aliphatic heterocycles. The Hall–Kier alpha value is -2.92. The summed E-state index contributed by atoms with van der Waals surface area (Å²) in [7, 11) is 0. The normalized spacial score (nSPS) is 10.8. The lowest BCUT2D eigenvalue weighted by Crippen LogP contribution is -1.98. The van der Waals surface area contributed by atoms with Crippen LogP contribution in [0.15, 0.2) is 61.1 Å². The van der Waals surface area contributed by atoms with Gasteiger partial charge in [0.2, 0.25) is 0 Å². The Morgan fingerprint density at radius 2 is 1.87 bits per heavy atom. The summed E-state index contributed by atoms with van der Waals surface area (Å²) >= 11 is 6.08. The summed E-state index contributed by atoms with van der Waals surface area (Å²) in [5, 5.41) is 4.89. The number of pyridine rings is 1. The van der Waals surface area contributed by atoms with E-state index in [-0.39, 0.29) is 0 Å². The average molecular weight is 322 g/mol. The smallest absolute Gasteiger partial charge is 0.163 e. The lowest BCUT2D eigenvalue weighted by Gasteiger charge is -2.09. The Balaban J connectivity index is 1.84. The number of halogens is 1. The molecule has 5 nitrogen and oxygen atoms in total. The molecule has 0 bridgehead atoms. The standard InChI is InChI=1S/C17H12ClN5/c18-12-3-1-2-11(10-12)15-22-16-14(6-9-20-16)17(23-15)21-13-4-7-19-8-5-13/h1-10H,(H2,19,20,21,22,23). The van der Waals surface area contributed by atoms with Crippen LogP contribution >= 0.6 is 11.6 Å². The van der Waals surface area contributed by atoms with Gasteiger partial charge in [-0.1, -0.05) is 23.7 Å². The molecule has 4 rings (SSSR count). The first-order chi connectivity index (χ1) is 11.3. The summed E-state index contributed by atoms with van der Waals surface area (Å²) in [5.41, 5.74) is 2.55. The quantitative estimate of drug-likeness (QED) is 0.586. The van der Waals surface area contributed by atoms with Crippen LogP contribution in [0, 0.1) is 0 Å². The molecule has 0 spiro atoms. The second-order valence-electron chi connectivity index (χ2n) is 5.01. The molecular weight excluding hydrogens is 310 g/mol. The number of nitrogens with one attached hydrogen (secondary N) is 2. The molecule has 0 aliphatic rings. The molecule has 0 unspecified atom stereocenters. The molecule has 3 heterocycles. The van der Waals surface area contributed by atoms with E-state index in [4.69, 9.17) is 11.6 Å². The lowest BCUT2D eigenvalue weighted by atomic mass is 10.2. The van der Waals surface area contributed by atoms with Crippen LogP contribution in [-0.2, 0) is 0 Å². The van der Waals surface area contributed by atoms with E-state index in [1.165, 1.54) is 0 Å². The van der Waals surface area contributed by atoms with Crippen molar-refractivity contribution < 1.29 is 0 Å². The SMILES string of the molecule is Clc1cccc(-c2nc(Nc3ccncc3)c3cc[nH]c3n2)c1. The molecule has 0 atom stereocenters. The molecule has 3 aromatic heterocycles. The van der Waals surface area contributed by atoms with Gasteiger partial charge in [0.15, 0.2) is 5.82 Å². The molecule has 6 heteroatoms. The van der Waals surface area contributed by atoms with E-state index in [0.29, 0.717) is 10.8 Å². The molecule has 2 N–H and O–H groups in total. The predicted molar refractivity (Wildman–Crippen MR) is 91.9 cm³/mol. The van der Waals surface area contributed by atoms with Crippen LogP contribution in [0.3, 0.4) is 0 Å². The zero-order chi connectivity index (χ0) is 15.6. The molecule has 0 saturated heterocycles. The zero-order valence-electron chi connectivity index (χ0n) is 12.0. The summed E-state index contributed by atoms with van der Waals surface area (Å²) in [5.74, 6) is 1.34. The summed E-state index contributed by atoms with van der Waals surface area (Å²) in [6.45, 7) is 0. The van der Waals surface area contributed by atoms with Crippen molar-refractivity contribution in [1.29, 1.82) is 0 Å². The molecule has 0 radical (unpaired) electrons. The van der Waals surface area contributed by atoms with Crippen molar-refractivity contribution in [2.45, 2.75) is 0 Å². The van der Waals surface area contributed by atoms with Gasteiger partial charge >= 0.3 is 0 Å². The Bertz CT molecular complexity index is 965. The second-order valence-corrected chi connectivity index (χ2v) is 5.44. The third-order valence-electron chi connectivity index (χ3n) is 3.44. The van der Waals surface area contributed by atoms with Crippen LogP contribution in [-0.4, -0.2) is 19.9 Å². The van der Waals surface area contributed by atoms with Crippen molar-refractivity contribution in [3.8, 4) is 11.4 Å². The second kappa shape index (κ2) is 5.70. The number of aromatic nitrogens is 4. The molecule has 0 aliphatic carbocycles. The fraction of sp³-hybridized carbons (Fsp3) is 0. The highest BCUT2D eigenvalue weighted by Gasteiger charge is 2.11. The minimum Gasteiger partial charge on any atom is -0.346 e. The summed E-state index contributed by atoms with van der Waals surface area (Å²) in [4.78, 5) is 16.4. The largest absolute Gasteiger partial charge is 0.346 e. The number of benzene rings is 1. The van der Waals surface area contributed by atoms with E-state index in [2.05, 4.69) is 25.3 Å². The van der Waals surface area contributed by atoms with Crippen LogP contribution in [0.25, 0.3) is 22.4 Å². The summed E-state index contributed by atoms with van der Waals surface area (Å²) in [6.07, 6.45) is 5.31. The number of hydrogen-bond donors (Lipinski definition) is 2. The molecule has 1 aromatic carbocycles. The topological polar surface area (TPSA) is 66.5 Å². The van der Waals surface area contributed by atoms with Crippen LogP contribution < -0.4 is 5.32 Å². The number of nitrogens with zero attached hydrogens (tertiary/aromatic N) is 3. The maximum Gasteiger partial charge on any atom is 0.163 e. The van der Waals surface area contributed by atoms with Gasteiger partial charge in [0, 0.05) is 34.9 Å². The van der Waals surface area contributed by atoms with Crippen LogP contribution in [0.2, 0.25) is 5.02 Å². The number of H-pyrrole nitrogens is 1. The Kier molecular flexibility index (Phi) is 3.40. The Morgan fingerprint density at radius 1 is 1.00 bits per heavy atom. The molecule has 0 amide bonds. The number of fused-ring (bicyclic) bond motifs is 1. The van der Waals surface area contributed by atoms with Crippen molar-refractivity contribution >= 4 is 34.1 Å². The van der Waals surface area contributed by atoms with E-state index in [9.17, 15) is 0 Å². The van der Waals surface area contributed by atoms with E-state index < -0.39 is 0 Å². The number of anilines is 2. The number of hydrogen-bond acceptors (Lipinski definition) is 4. The highest BCUT2D eigenvalue weighted by atomic mass is 35.5. The minimum absolute atomic E-state index is 0.610. The van der Waals surface area contributed by atoms with Gasteiger partial charge in [-0.25, -0.2) is 9.97 Å². The molecule has 4 aromatic rings. The van der Waals surface area contributed by atoms with Crippen molar-refractivity contribution in [1.82, 2.24) is 19.9 Å². The maximum absolute atomic E-state index is 6.08. The van der Waals surface area contributed by atoms with E-state index in [0.717, 1.165) is 28.1 Å². The van der Waals surface area contributed by atoms with Gasteiger partial charge in [-0.15, -0.1) is 0 Å². The third-order valence-corrected chi connectivity index (χ3v) is 3.68. The molecular formula is C17H12ClN5. The van der Waals surface area contributed by atoms with Crippen LogP contribution in [0.4, 0.5) is 11.5 Å². The maximum atomic E-state index is 6.08.